The van der Waals surface area contributed by atoms with Crippen LogP contribution in [0, 0.1) is 0 Å². The van der Waals surface area contributed by atoms with Crippen molar-refractivity contribution in [2.75, 3.05) is 32.6 Å². The van der Waals surface area contributed by atoms with Gasteiger partial charge in [-0.2, -0.15) is 0 Å². The number of carbonyl (C=O) groups excluding carboxylic acids is 1. The summed E-state index contributed by atoms with van der Waals surface area (Å²) in [4.78, 5) is 31.4. The summed E-state index contributed by atoms with van der Waals surface area (Å²) in [6.45, 7) is 1.34. The lowest BCUT2D eigenvalue weighted by Gasteiger charge is -2.13. The Morgan fingerprint density at radius 3 is 2.77 bits per heavy atom. The zero-order chi connectivity index (χ0) is 21.8. The highest BCUT2D eigenvalue weighted by Crippen LogP contribution is 2.32. The molecule has 0 fully saturated rings. The summed E-state index contributed by atoms with van der Waals surface area (Å²) >= 11 is 1.27. The van der Waals surface area contributed by atoms with Gasteiger partial charge < -0.3 is 14.1 Å². The van der Waals surface area contributed by atoms with Crippen molar-refractivity contribution < 1.29 is 13.9 Å². The third-order valence-corrected chi connectivity index (χ3v) is 5.33. The van der Waals surface area contributed by atoms with E-state index in [1.54, 1.807) is 18.2 Å². The van der Waals surface area contributed by atoms with E-state index in [9.17, 15) is 9.59 Å². The maximum atomic E-state index is 12.7. The molecule has 1 N–H and O–H groups in total. The van der Waals surface area contributed by atoms with Crippen LogP contribution in [0.1, 0.15) is 10.4 Å². The van der Waals surface area contributed by atoms with Crippen LogP contribution in [-0.2, 0) is 0 Å². The molecule has 4 rings (SSSR count). The van der Waals surface area contributed by atoms with Gasteiger partial charge in [0.15, 0.2) is 5.13 Å². The Bertz CT molecular complexity index is 1280. The number of rotatable bonds is 7. The second kappa shape index (κ2) is 9.11. The van der Waals surface area contributed by atoms with Crippen molar-refractivity contribution in [1.29, 1.82) is 0 Å². The summed E-state index contributed by atoms with van der Waals surface area (Å²) in [5.41, 5.74) is 1.21. The molecule has 158 valence electrons. The van der Waals surface area contributed by atoms with E-state index in [1.807, 2.05) is 54.7 Å². The largest absolute Gasteiger partial charge is 0.492 e. The molecule has 0 spiro atoms. The van der Waals surface area contributed by atoms with Gasteiger partial charge in [-0.25, -0.2) is 9.78 Å². The fraction of sp³-hybridized carbons (Fsp3) is 0.174. The number of fused-ring (bicyclic) bond motifs is 1. The molecular weight excluding hydrogens is 414 g/mol. The number of anilines is 1. The number of amides is 1. The van der Waals surface area contributed by atoms with Crippen LogP contribution in [-0.4, -0.2) is 43.0 Å². The predicted molar refractivity (Wildman–Crippen MR) is 122 cm³/mol. The SMILES string of the molecule is CN(C)CCOc1ccccc1-c1csc(NC(=O)c2cc3ccccc3oc2=O)n1. The van der Waals surface area contributed by atoms with Gasteiger partial charge in [-0.15, -0.1) is 11.3 Å². The fourth-order valence-corrected chi connectivity index (χ4v) is 3.69. The quantitative estimate of drug-likeness (QED) is 0.440. The van der Waals surface area contributed by atoms with Crippen molar-refractivity contribution in [2.24, 2.45) is 0 Å². The number of para-hydroxylation sites is 2. The van der Waals surface area contributed by atoms with Crippen LogP contribution in [0.4, 0.5) is 5.13 Å². The van der Waals surface area contributed by atoms with E-state index >= 15 is 0 Å². The van der Waals surface area contributed by atoms with Crippen molar-refractivity contribution in [1.82, 2.24) is 9.88 Å². The Morgan fingerprint density at radius 2 is 1.94 bits per heavy atom. The molecule has 8 heteroatoms. The summed E-state index contributed by atoms with van der Waals surface area (Å²) in [6.07, 6.45) is 0. The third-order valence-electron chi connectivity index (χ3n) is 4.57. The van der Waals surface area contributed by atoms with Gasteiger partial charge in [-0.1, -0.05) is 30.3 Å². The Morgan fingerprint density at radius 1 is 1.16 bits per heavy atom. The standard InChI is InChI=1S/C23H21N3O4S/c1-26(2)11-12-29-20-10-6-4-8-16(20)18-14-31-23(24-18)25-21(27)17-13-15-7-3-5-9-19(15)30-22(17)28/h3-10,13-14H,11-12H2,1-2H3,(H,24,25,27). The van der Waals surface area contributed by atoms with Crippen LogP contribution >= 0.6 is 11.3 Å². The summed E-state index contributed by atoms with van der Waals surface area (Å²) in [5.74, 6) is 0.165. The van der Waals surface area contributed by atoms with E-state index in [0.29, 0.717) is 28.4 Å². The molecule has 2 aromatic heterocycles. The van der Waals surface area contributed by atoms with Gasteiger partial charge in [-0.05, 0) is 38.4 Å². The highest BCUT2D eigenvalue weighted by Gasteiger charge is 2.16. The molecule has 2 aromatic carbocycles. The molecule has 31 heavy (non-hydrogen) atoms. The topological polar surface area (TPSA) is 84.7 Å². The molecule has 1 amide bonds. The number of benzene rings is 2. The van der Waals surface area contributed by atoms with E-state index in [2.05, 4.69) is 10.3 Å². The van der Waals surface area contributed by atoms with E-state index in [-0.39, 0.29) is 5.56 Å². The first-order valence-electron chi connectivity index (χ1n) is 9.68. The van der Waals surface area contributed by atoms with E-state index in [1.165, 1.54) is 17.4 Å². The smallest absolute Gasteiger partial charge is 0.349 e. The number of thiazole rings is 1. The molecule has 0 bridgehead atoms. The van der Waals surface area contributed by atoms with Crippen LogP contribution in [0.15, 0.2) is 69.2 Å². The van der Waals surface area contributed by atoms with E-state index in [0.717, 1.165) is 17.9 Å². The van der Waals surface area contributed by atoms with E-state index < -0.39 is 11.5 Å². The maximum absolute atomic E-state index is 12.7. The minimum Gasteiger partial charge on any atom is -0.492 e. The zero-order valence-electron chi connectivity index (χ0n) is 17.1. The monoisotopic (exact) mass is 435 g/mol. The number of likely N-dealkylation sites (N-methyl/N-ethyl adjacent to an activating group) is 1. The molecule has 0 aliphatic heterocycles. The van der Waals surface area contributed by atoms with Crippen molar-refractivity contribution in [2.45, 2.75) is 0 Å². The Kier molecular flexibility index (Phi) is 6.11. The van der Waals surface area contributed by atoms with Gasteiger partial charge in [-0.3, -0.25) is 10.1 Å². The lowest BCUT2D eigenvalue weighted by Crippen LogP contribution is -2.20. The molecule has 7 nitrogen and oxygen atoms in total. The summed E-state index contributed by atoms with van der Waals surface area (Å²) < 4.78 is 11.1. The van der Waals surface area contributed by atoms with Crippen LogP contribution in [0.5, 0.6) is 5.75 Å². The molecule has 0 aliphatic carbocycles. The van der Waals surface area contributed by atoms with Crippen LogP contribution < -0.4 is 15.7 Å². The molecule has 0 radical (unpaired) electrons. The first-order chi connectivity index (χ1) is 15.0. The van der Waals surface area contributed by atoms with Crippen molar-refractivity contribution in [3.63, 3.8) is 0 Å². The van der Waals surface area contributed by atoms with Crippen LogP contribution in [0.2, 0.25) is 0 Å². The van der Waals surface area contributed by atoms with Gasteiger partial charge in [0.2, 0.25) is 0 Å². The van der Waals surface area contributed by atoms with Crippen LogP contribution in [0.3, 0.4) is 0 Å². The van der Waals surface area contributed by atoms with Gasteiger partial charge >= 0.3 is 5.63 Å². The first-order valence-corrected chi connectivity index (χ1v) is 10.6. The summed E-state index contributed by atoms with van der Waals surface area (Å²) in [5, 5.41) is 5.59. The second-order valence-corrected chi connectivity index (χ2v) is 7.98. The van der Waals surface area contributed by atoms with Crippen LogP contribution in [0.25, 0.3) is 22.2 Å². The first kappa shape index (κ1) is 20.8. The number of aromatic nitrogens is 1. The predicted octanol–water partition coefficient (Wildman–Crippen LogP) is 4.11. The number of nitrogens with zero attached hydrogens (tertiary/aromatic N) is 2. The maximum Gasteiger partial charge on any atom is 0.349 e. The van der Waals surface area contributed by atoms with E-state index in [4.69, 9.17) is 9.15 Å². The minimum atomic E-state index is -0.687. The highest BCUT2D eigenvalue weighted by atomic mass is 32.1. The van der Waals surface area contributed by atoms with Gasteiger partial charge in [0, 0.05) is 22.9 Å². The number of hydrogen-bond acceptors (Lipinski definition) is 7. The molecule has 0 saturated heterocycles. The van der Waals surface area contributed by atoms with Gasteiger partial charge in [0.05, 0.1) is 5.69 Å². The molecule has 0 unspecified atom stereocenters. The molecule has 0 atom stereocenters. The van der Waals surface area contributed by atoms with Crippen molar-refractivity contribution in [3.8, 4) is 17.0 Å². The average molecular weight is 436 g/mol. The molecule has 0 saturated carbocycles. The second-order valence-electron chi connectivity index (χ2n) is 7.13. The molecule has 2 heterocycles. The lowest BCUT2D eigenvalue weighted by molar-refractivity contribution is 0.102. The lowest BCUT2D eigenvalue weighted by atomic mass is 10.1. The molecule has 0 aliphatic rings. The third kappa shape index (κ3) is 4.82. The molecule has 4 aromatic rings. The normalized spacial score (nSPS) is 11.1. The Balaban J connectivity index is 1.53. The number of hydrogen-bond donors (Lipinski definition) is 1. The van der Waals surface area contributed by atoms with Crippen molar-refractivity contribution >= 4 is 33.3 Å². The zero-order valence-corrected chi connectivity index (χ0v) is 17.9. The minimum absolute atomic E-state index is 0.0668. The summed E-state index contributed by atoms with van der Waals surface area (Å²) in [7, 11) is 3.97. The van der Waals surface area contributed by atoms with Gasteiger partial charge in [0.1, 0.15) is 23.5 Å². The number of nitrogens with one attached hydrogen (secondary N) is 1. The number of carbonyl (C=O) groups is 1. The summed E-state index contributed by atoms with van der Waals surface area (Å²) in [6, 6.07) is 16.2. The Labute approximate surface area is 182 Å². The molecular formula is C23H21N3O4S. The van der Waals surface area contributed by atoms with Gasteiger partial charge in [0.25, 0.3) is 5.91 Å². The number of ether oxygens (including phenoxy) is 1. The average Bonchev–Trinajstić information content (AvgIpc) is 3.21. The highest BCUT2D eigenvalue weighted by molar-refractivity contribution is 7.14. The Hall–Kier alpha value is -3.49. The fourth-order valence-electron chi connectivity index (χ4n) is 2.98. The van der Waals surface area contributed by atoms with Crippen molar-refractivity contribution in [3.05, 3.63) is 76.0 Å².